The van der Waals surface area contributed by atoms with Gasteiger partial charge in [0.1, 0.15) is 6.04 Å². The fraction of sp³-hybridized carbons (Fsp3) is 0.900. The first-order valence-electron chi connectivity index (χ1n) is 5.72. The highest BCUT2D eigenvalue weighted by molar-refractivity contribution is 6.21. The van der Waals surface area contributed by atoms with E-state index in [9.17, 15) is 31.1 Å². The zero-order valence-corrected chi connectivity index (χ0v) is 10.8. The van der Waals surface area contributed by atoms with E-state index < -0.39 is 53.7 Å². The number of esters is 1. The van der Waals surface area contributed by atoms with Crippen molar-refractivity contribution >= 4 is 17.6 Å². The molecule has 1 saturated carbocycles. The Morgan fingerprint density at radius 3 is 2.05 bits per heavy atom. The SMILES string of the molecule is CC(=O)O[C@@H]1C[C@H]2[C@H](Cl)[C@@H]1[NH2+]C2(C(F)(F)F)C(F)(F)F. The molecule has 1 aliphatic carbocycles. The van der Waals surface area contributed by atoms with E-state index in [1.807, 2.05) is 0 Å². The van der Waals surface area contributed by atoms with E-state index in [2.05, 4.69) is 0 Å². The molecule has 4 atom stereocenters. The summed E-state index contributed by atoms with van der Waals surface area (Å²) in [6.45, 7) is 1.04. The van der Waals surface area contributed by atoms with Gasteiger partial charge in [0.15, 0.2) is 6.10 Å². The topological polar surface area (TPSA) is 42.9 Å². The fourth-order valence-corrected chi connectivity index (χ4v) is 3.72. The largest absolute Gasteiger partial charge is 0.456 e. The van der Waals surface area contributed by atoms with Crippen LogP contribution in [0.4, 0.5) is 26.3 Å². The number of hydrogen-bond acceptors (Lipinski definition) is 2. The number of carbonyl (C=O) groups is 1. The van der Waals surface area contributed by atoms with E-state index in [0.717, 1.165) is 6.92 Å². The summed E-state index contributed by atoms with van der Waals surface area (Å²) in [4.78, 5) is 10.8. The standard InChI is InChI=1S/C10H10ClF6NO2/c1-3(19)20-5-2-4-6(11)7(5)18-8(4,9(12,13)14)10(15,16)17/h4-7,18H,2H2,1H3/p+1/t4-,5+,6-,7+/m0/s1. The minimum Gasteiger partial charge on any atom is -0.456 e. The van der Waals surface area contributed by atoms with Crippen molar-refractivity contribution in [2.75, 3.05) is 0 Å². The van der Waals surface area contributed by atoms with Gasteiger partial charge in [-0.2, -0.15) is 26.3 Å². The number of piperidine rings is 1. The zero-order valence-electron chi connectivity index (χ0n) is 10.1. The van der Waals surface area contributed by atoms with Crippen molar-refractivity contribution in [3.8, 4) is 0 Å². The zero-order chi connectivity index (χ0) is 15.5. The number of quaternary nitrogens is 1. The lowest BCUT2D eigenvalue weighted by Crippen LogP contribution is -3.07. The van der Waals surface area contributed by atoms with Crippen LogP contribution >= 0.6 is 11.6 Å². The predicted octanol–water partition coefficient (Wildman–Crippen LogP) is 1.35. The van der Waals surface area contributed by atoms with Gasteiger partial charge in [-0.1, -0.05) is 0 Å². The Hall–Kier alpha value is -0.700. The van der Waals surface area contributed by atoms with Gasteiger partial charge in [-0.05, 0) is 0 Å². The first kappa shape index (κ1) is 15.7. The summed E-state index contributed by atoms with van der Waals surface area (Å²) in [7, 11) is 0. The molecule has 1 saturated heterocycles. The van der Waals surface area contributed by atoms with E-state index >= 15 is 0 Å². The lowest BCUT2D eigenvalue weighted by Gasteiger charge is -2.38. The highest BCUT2D eigenvalue weighted by Gasteiger charge is 2.86. The summed E-state index contributed by atoms with van der Waals surface area (Å²) in [5, 5.41) is -1.19. The molecule has 0 aromatic rings. The Bertz CT molecular complexity index is 409. The van der Waals surface area contributed by atoms with Gasteiger partial charge in [0, 0.05) is 13.3 Å². The minimum absolute atomic E-state index is 0.173. The van der Waals surface area contributed by atoms with Gasteiger partial charge >= 0.3 is 18.3 Å². The molecule has 0 unspecified atom stereocenters. The predicted molar refractivity (Wildman–Crippen MR) is 53.9 cm³/mol. The van der Waals surface area contributed by atoms with Crippen molar-refractivity contribution in [2.45, 2.75) is 48.8 Å². The number of hydrogen-bond donors (Lipinski definition) is 1. The molecule has 0 spiro atoms. The van der Waals surface area contributed by atoms with Crippen LogP contribution in [-0.4, -0.2) is 41.4 Å². The lowest BCUT2D eigenvalue weighted by molar-refractivity contribution is -0.799. The summed E-state index contributed by atoms with van der Waals surface area (Å²) in [5.74, 6) is -2.64. The molecule has 0 aromatic carbocycles. The van der Waals surface area contributed by atoms with Gasteiger partial charge < -0.3 is 10.1 Å². The number of nitrogens with two attached hydrogens (primary N) is 1. The van der Waals surface area contributed by atoms with E-state index in [1.165, 1.54) is 0 Å². The van der Waals surface area contributed by atoms with Crippen LogP contribution < -0.4 is 5.32 Å². The van der Waals surface area contributed by atoms with Crippen molar-refractivity contribution < 1.29 is 41.2 Å². The van der Waals surface area contributed by atoms with Crippen molar-refractivity contribution in [1.29, 1.82) is 0 Å². The highest BCUT2D eigenvalue weighted by Crippen LogP contribution is 2.54. The lowest BCUT2D eigenvalue weighted by atomic mass is 9.82. The number of alkyl halides is 7. The average Bonchev–Trinajstić information content (AvgIpc) is 2.66. The van der Waals surface area contributed by atoms with Crippen LogP contribution in [-0.2, 0) is 9.53 Å². The number of rotatable bonds is 1. The molecule has 2 N–H and O–H groups in total. The fourth-order valence-electron chi connectivity index (χ4n) is 3.18. The molecular formula is C10H11ClF6NO2+. The van der Waals surface area contributed by atoms with Crippen LogP contribution in [0, 0.1) is 5.92 Å². The van der Waals surface area contributed by atoms with Crippen LogP contribution in [0.3, 0.4) is 0 Å². The van der Waals surface area contributed by atoms with E-state index in [0.29, 0.717) is 0 Å². The third kappa shape index (κ3) is 1.97. The molecule has 1 aliphatic heterocycles. The normalized spacial score (nSPS) is 36.2. The number of fused-ring (bicyclic) bond motifs is 2. The van der Waals surface area contributed by atoms with Crippen LogP contribution in [0.15, 0.2) is 0 Å². The van der Waals surface area contributed by atoms with Crippen molar-refractivity contribution in [3.63, 3.8) is 0 Å². The van der Waals surface area contributed by atoms with Gasteiger partial charge in [-0.15, -0.1) is 11.6 Å². The van der Waals surface area contributed by atoms with Crippen molar-refractivity contribution in [3.05, 3.63) is 0 Å². The molecule has 0 radical (unpaired) electrons. The molecule has 2 aliphatic rings. The Labute approximate surface area is 114 Å². The van der Waals surface area contributed by atoms with Gasteiger partial charge in [-0.25, -0.2) is 0 Å². The molecule has 2 fully saturated rings. The second-order valence-corrected chi connectivity index (χ2v) is 5.55. The van der Waals surface area contributed by atoms with Gasteiger partial charge in [0.25, 0.3) is 5.54 Å². The molecular weight excluding hydrogens is 316 g/mol. The molecule has 3 nitrogen and oxygen atoms in total. The number of halogens is 7. The quantitative estimate of drug-likeness (QED) is 0.449. The number of carbonyl (C=O) groups excluding carboxylic acids is 1. The Morgan fingerprint density at radius 2 is 1.75 bits per heavy atom. The minimum atomic E-state index is -5.49. The van der Waals surface area contributed by atoms with Crippen molar-refractivity contribution in [2.24, 2.45) is 5.92 Å². The van der Waals surface area contributed by atoms with Crippen LogP contribution in [0.25, 0.3) is 0 Å². The van der Waals surface area contributed by atoms with E-state index in [1.54, 1.807) is 0 Å². The maximum atomic E-state index is 13.0. The summed E-state index contributed by atoms with van der Waals surface area (Å²) in [5.41, 5.74) is -3.92. The Kier molecular flexibility index (Phi) is 3.45. The summed E-state index contributed by atoms with van der Waals surface area (Å²) in [6.07, 6.45) is -12.6. The molecule has 2 bridgehead atoms. The Balaban J connectivity index is 2.37. The molecule has 10 heteroatoms. The second-order valence-electron chi connectivity index (χ2n) is 5.04. The third-order valence-corrected chi connectivity index (χ3v) is 4.56. The Morgan fingerprint density at radius 1 is 1.25 bits per heavy atom. The van der Waals surface area contributed by atoms with E-state index in [4.69, 9.17) is 16.3 Å². The molecule has 1 heterocycles. The van der Waals surface area contributed by atoms with Crippen LogP contribution in [0.5, 0.6) is 0 Å². The maximum Gasteiger partial charge on any atom is 0.454 e. The maximum absolute atomic E-state index is 13.0. The van der Waals surface area contributed by atoms with Gasteiger partial charge in [0.05, 0.1) is 11.3 Å². The molecule has 0 amide bonds. The van der Waals surface area contributed by atoms with Crippen LogP contribution in [0.2, 0.25) is 0 Å². The highest BCUT2D eigenvalue weighted by atomic mass is 35.5. The van der Waals surface area contributed by atoms with E-state index in [-0.39, 0.29) is 5.32 Å². The van der Waals surface area contributed by atoms with Gasteiger partial charge in [0.2, 0.25) is 0 Å². The van der Waals surface area contributed by atoms with Crippen LogP contribution in [0.1, 0.15) is 13.3 Å². The molecule has 2 rings (SSSR count). The average molecular weight is 327 g/mol. The molecule has 0 aromatic heterocycles. The first-order valence-corrected chi connectivity index (χ1v) is 6.16. The summed E-state index contributed by atoms with van der Waals surface area (Å²) in [6, 6.07) is -1.26. The summed E-state index contributed by atoms with van der Waals surface area (Å²) < 4.78 is 82.8. The monoisotopic (exact) mass is 326 g/mol. The smallest absolute Gasteiger partial charge is 0.454 e. The second kappa shape index (κ2) is 4.40. The molecule has 116 valence electrons. The van der Waals surface area contributed by atoms with Crippen molar-refractivity contribution in [1.82, 2.24) is 0 Å². The molecule has 20 heavy (non-hydrogen) atoms. The third-order valence-electron chi connectivity index (χ3n) is 3.96. The first-order chi connectivity index (χ1) is 8.92. The summed E-state index contributed by atoms with van der Waals surface area (Å²) >= 11 is 5.73. The number of ether oxygens (including phenoxy) is 1. The van der Waals surface area contributed by atoms with Gasteiger partial charge in [-0.3, -0.25) is 4.79 Å².